The van der Waals surface area contributed by atoms with Crippen LogP contribution in [-0.4, -0.2) is 35.5 Å². The maximum absolute atomic E-state index is 13.4. The summed E-state index contributed by atoms with van der Waals surface area (Å²) in [5.74, 6) is 0.880. The Labute approximate surface area is 159 Å². The van der Waals surface area contributed by atoms with E-state index < -0.39 is 0 Å². The van der Waals surface area contributed by atoms with Crippen molar-refractivity contribution in [1.82, 2.24) is 9.88 Å². The third-order valence-corrected chi connectivity index (χ3v) is 5.38. The van der Waals surface area contributed by atoms with Gasteiger partial charge in [-0.05, 0) is 50.5 Å². The van der Waals surface area contributed by atoms with Gasteiger partial charge in [0.25, 0.3) is 5.91 Å². The first-order valence-corrected chi connectivity index (χ1v) is 9.52. The number of nitrogens with zero attached hydrogens (tertiary/aromatic N) is 2. The quantitative estimate of drug-likeness (QED) is 0.665. The number of piperidine rings is 1. The number of amides is 1. The van der Waals surface area contributed by atoms with Crippen LogP contribution < -0.4 is 4.74 Å². The number of para-hydroxylation sites is 1. The maximum atomic E-state index is 13.4. The number of hydrogen-bond acceptors (Lipinski definition) is 3. The molecule has 27 heavy (non-hydrogen) atoms. The number of likely N-dealkylation sites (tertiary alicyclic amines) is 1. The van der Waals surface area contributed by atoms with E-state index in [9.17, 15) is 4.79 Å². The molecule has 0 aliphatic carbocycles. The summed E-state index contributed by atoms with van der Waals surface area (Å²) in [5, 5.41) is 0.909. The van der Waals surface area contributed by atoms with Gasteiger partial charge in [-0.15, -0.1) is 0 Å². The lowest BCUT2D eigenvalue weighted by atomic mass is 9.99. The van der Waals surface area contributed by atoms with Crippen LogP contribution in [0, 0.1) is 0 Å². The van der Waals surface area contributed by atoms with Crippen LogP contribution in [0.4, 0.5) is 0 Å². The van der Waals surface area contributed by atoms with Crippen molar-refractivity contribution < 1.29 is 9.53 Å². The number of ether oxygens (including phenoxy) is 1. The molecule has 1 unspecified atom stereocenters. The zero-order valence-corrected chi connectivity index (χ0v) is 15.8. The molecule has 1 amide bonds. The van der Waals surface area contributed by atoms with Crippen LogP contribution in [0.25, 0.3) is 22.2 Å². The number of rotatable bonds is 3. The number of methoxy groups -OCH3 is 1. The highest BCUT2D eigenvalue weighted by Crippen LogP contribution is 2.29. The molecule has 0 radical (unpaired) electrons. The van der Waals surface area contributed by atoms with Crippen molar-refractivity contribution in [3.05, 3.63) is 60.2 Å². The highest BCUT2D eigenvalue weighted by molar-refractivity contribution is 6.07. The van der Waals surface area contributed by atoms with Crippen molar-refractivity contribution in [1.29, 1.82) is 0 Å². The number of fused-ring (bicyclic) bond motifs is 1. The van der Waals surface area contributed by atoms with Crippen LogP contribution in [-0.2, 0) is 0 Å². The van der Waals surface area contributed by atoms with E-state index in [-0.39, 0.29) is 11.9 Å². The first kappa shape index (κ1) is 17.5. The van der Waals surface area contributed by atoms with Crippen LogP contribution in [0.2, 0.25) is 0 Å². The number of carbonyl (C=O) groups excluding carboxylic acids is 1. The van der Waals surface area contributed by atoms with Gasteiger partial charge in [0.2, 0.25) is 0 Å². The molecule has 138 valence electrons. The molecule has 3 aromatic rings. The van der Waals surface area contributed by atoms with Crippen molar-refractivity contribution in [3.8, 4) is 17.0 Å². The second-order valence-corrected chi connectivity index (χ2v) is 7.15. The van der Waals surface area contributed by atoms with Crippen LogP contribution >= 0.6 is 0 Å². The molecular formula is C23H24N2O2. The zero-order chi connectivity index (χ0) is 18.8. The molecule has 1 saturated heterocycles. The van der Waals surface area contributed by atoms with Crippen molar-refractivity contribution in [3.63, 3.8) is 0 Å². The smallest absolute Gasteiger partial charge is 0.254 e. The predicted molar refractivity (Wildman–Crippen MR) is 108 cm³/mol. The highest BCUT2D eigenvalue weighted by Gasteiger charge is 2.26. The van der Waals surface area contributed by atoms with Crippen molar-refractivity contribution in [2.45, 2.75) is 32.2 Å². The fourth-order valence-electron chi connectivity index (χ4n) is 3.84. The van der Waals surface area contributed by atoms with E-state index in [1.807, 2.05) is 59.5 Å². The van der Waals surface area contributed by atoms with E-state index in [0.717, 1.165) is 52.9 Å². The molecule has 0 spiro atoms. The molecule has 4 nitrogen and oxygen atoms in total. The number of pyridine rings is 1. The lowest BCUT2D eigenvalue weighted by Crippen LogP contribution is -2.42. The molecule has 0 bridgehead atoms. The third-order valence-electron chi connectivity index (χ3n) is 5.38. The van der Waals surface area contributed by atoms with E-state index in [1.165, 1.54) is 6.42 Å². The van der Waals surface area contributed by atoms with Crippen molar-refractivity contribution >= 4 is 16.8 Å². The molecule has 1 aliphatic rings. The van der Waals surface area contributed by atoms with Gasteiger partial charge in [-0.1, -0.05) is 30.3 Å². The van der Waals surface area contributed by atoms with Gasteiger partial charge in [-0.3, -0.25) is 4.79 Å². The molecule has 4 heteroatoms. The lowest BCUT2D eigenvalue weighted by molar-refractivity contribution is 0.0637. The average Bonchev–Trinajstić information content (AvgIpc) is 2.73. The van der Waals surface area contributed by atoms with E-state index in [1.54, 1.807) is 7.11 Å². The zero-order valence-electron chi connectivity index (χ0n) is 15.8. The second-order valence-electron chi connectivity index (χ2n) is 7.15. The standard InChI is InChI=1S/C23H24N2O2/c1-16-8-5-6-13-25(16)23(26)20-15-22(17-9-7-10-18(14-17)27-2)24-21-12-4-3-11-19(20)21/h3-4,7,9-12,14-16H,5-6,8,13H2,1-2H3. The summed E-state index contributed by atoms with van der Waals surface area (Å²) in [7, 11) is 1.65. The summed E-state index contributed by atoms with van der Waals surface area (Å²) in [6.45, 7) is 2.97. The van der Waals surface area contributed by atoms with Crippen molar-refractivity contribution in [2.24, 2.45) is 0 Å². The molecule has 0 N–H and O–H groups in total. The fourth-order valence-corrected chi connectivity index (χ4v) is 3.84. The van der Waals surface area contributed by atoms with Crippen LogP contribution in [0.5, 0.6) is 5.75 Å². The first-order valence-electron chi connectivity index (χ1n) is 9.52. The minimum atomic E-state index is 0.102. The average molecular weight is 360 g/mol. The molecule has 0 saturated carbocycles. The number of hydrogen-bond donors (Lipinski definition) is 0. The Morgan fingerprint density at radius 2 is 1.96 bits per heavy atom. The highest BCUT2D eigenvalue weighted by atomic mass is 16.5. The summed E-state index contributed by atoms with van der Waals surface area (Å²) in [4.78, 5) is 20.2. The van der Waals surface area contributed by atoms with Gasteiger partial charge in [-0.25, -0.2) is 4.98 Å². The molecular weight excluding hydrogens is 336 g/mol. The summed E-state index contributed by atoms with van der Waals surface area (Å²) in [6, 6.07) is 17.9. The molecule has 2 heterocycles. The molecule has 1 aliphatic heterocycles. The van der Waals surface area contributed by atoms with E-state index >= 15 is 0 Å². The molecule has 1 aromatic heterocycles. The van der Waals surface area contributed by atoms with Gasteiger partial charge in [0, 0.05) is 23.5 Å². The van der Waals surface area contributed by atoms with E-state index in [2.05, 4.69) is 6.92 Å². The summed E-state index contributed by atoms with van der Waals surface area (Å²) in [6.07, 6.45) is 3.33. The third kappa shape index (κ3) is 3.39. The largest absolute Gasteiger partial charge is 0.497 e. The Morgan fingerprint density at radius 1 is 1.11 bits per heavy atom. The number of benzene rings is 2. The topological polar surface area (TPSA) is 42.4 Å². The molecule has 4 rings (SSSR count). The fraction of sp³-hybridized carbons (Fsp3) is 0.304. The van der Waals surface area contributed by atoms with Crippen LogP contribution in [0.3, 0.4) is 0 Å². The predicted octanol–water partition coefficient (Wildman–Crippen LogP) is 4.93. The second kappa shape index (κ2) is 7.39. The first-order chi connectivity index (χ1) is 13.2. The summed E-state index contributed by atoms with van der Waals surface area (Å²) >= 11 is 0. The minimum Gasteiger partial charge on any atom is -0.497 e. The normalized spacial score (nSPS) is 17.1. The Morgan fingerprint density at radius 3 is 2.78 bits per heavy atom. The van der Waals surface area contributed by atoms with Crippen molar-refractivity contribution in [2.75, 3.05) is 13.7 Å². The summed E-state index contributed by atoms with van der Waals surface area (Å²) in [5.41, 5.74) is 3.31. The Bertz CT molecular complexity index is 983. The Balaban J connectivity index is 1.84. The Hall–Kier alpha value is -2.88. The SMILES string of the molecule is COc1cccc(-c2cc(C(=O)N3CCCCC3C)c3ccccc3n2)c1. The van der Waals surface area contributed by atoms with Gasteiger partial charge in [0.1, 0.15) is 5.75 Å². The number of carbonyl (C=O) groups is 1. The maximum Gasteiger partial charge on any atom is 0.254 e. The van der Waals surface area contributed by atoms with Crippen LogP contribution in [0.1, 0.15) is 36.5 Å². The van der Waals surface area contributed by atoms with Gasteiger partial charge in [0.05, 0.1) is 23.9 Å². The monoisotopic (exact) mass is 360 g/mol. The van der Waals surface area contributed by atoms with Gasteiger partial charge in [0.15, 0.2) is 0 Å². The van der Waals surface area contributed by atoms with Gasteiger partial charge >= 0.3 is 0 Å². The molecule has 1 atom stereocenters. The lowest BCUT2D eigenvalue weighted by Gasteiger charge is -2.33. The van der Waals surface area contributed by atoms with Gasteiger partial charge < -0.3 is 9.64 Å². The van der Waals surface area contributed by atoms with Crippen LogP contribution in [0.15, 0.2) is 54.6 Å². The van der Waals surface area contributed by atoms with E-state index in [0.29, 0.717) is 0 Å². The Kier molecular flexibility index (Phi) is 4.80. The van der Waals surface area contributed by atoms with E-state index in [4.69, 9.17) is 9.72 Å². The van der Waals surface area contributed by atoms with Gasteiger partial charge in [-0.2, -0.15) is 0 Å². The molecule has 2 aromatic carbocycles. The minimum absolute atomic E-state index is 0.102. The summed E-state index contributed by atoms with van der Waals surface area (Å²) < 4.78 is 5.35. The number of aromatic nitrogens is 1. The molecule has 1 fully saturated rings.